The average molecular weight is 389 g/mol. The summed E-state index contributed by atoms with van der Waals surface area (Å²) in [6, 6.07) is 11.8. The van der Waals surface area contributed by atoms with Gasteiger partial charge in [0.15, 0.2) is 0 Å². The maximum Gasteiger partial charge on any atom is 0.416 e. The van der Waals surface area contributed by atoms with Gasteiger partial charge in [-0.3, -0.25) is 9.48 Å². The molecule has 1 aromatic heterocycles. The number of ether oxygens (including phenoxy) is 1. The van der Waals surface area contributed by atoms with Crippen molar-refractivity contribution in [3.05, 3.63) is 77.6 Å². The van der Waals surface area contributed by atoms with E-state index >= 15 is 0 Å². The molecule has 28 heavy (non-hydrogen) atoms. The molecule has 3 rings (SSSR count). The number of nitrogens with zero attached hydrogens (tertiary/aromatic N) is 2. The van der Waals surface area contributed by atoms with E-state index in [9.17, 15) is 18.0 Å². The minimum Gasteiger partial charge on any atom is -0.494 e. The monoisotopic (exact) mass is 389 g/mol. The lowest BCUT2D eigenvalue weighted by Gasteiger charge is -2.08. The molecule has 0 aliphatic heterocycles. The average Bonchev–Trinajstić information content (AvgIpc) is 3.09. The molecule has 0 aliphatic rings. The number of carbonyl (C=O) groups is 1. The Hall–Kier alpha value is -3.29. The molecule has 0 atom stereocenters. The third kappa shape index (κ3) is 4.91. The first-order valence-corrected chi connectivity index (χ1v) is 8.58. The lowest BCUT2D eigenvalue weighted by atomic mass is 10.1. The fourth-order valence-corrected chi connectivity index (χ4v) is 2.62. The Morgan fingerprint density at radius 3 is 2.61 bits per heavy atom. The molecule has 0 radical (unpaired) electrons. The maximum absolute atomic E-state index is 12.8. The second-order valence-corrected chi connectivity index (χ2v) is 6.04. The number of halogens is 3. The van der Waals surface area contributed by atoms with Crippen LogP contribution < -0.4 is 10.1 Å². The second kappa shape index (κ2) is 8.16. The molecule has 0 aliphatic carbocycles. The van der Waals surface area contributed by atoms with Crippen LogP contribution in [-0.4, -0.2) is 22.3 Å². The van der Waals surface area contributed by atoms with Crippen LogP contribution >= 0.6 is 0 Å². The highest BCUT2D eigenvalue weighted by Gasteiger charge is 2.30. The van der Waals surface area contributed by atoms with Gasteiger partial charge in [0, 0.05) is 11.8 Å². The van der Waals surface area contributed by atoms with Crippen LogP contribution in [0.3, 0.4) is 0 Å². The van der Waals surface area contributed by atoms with Gasteiger partial charge in [0.2, 0.25) is 0 Å². The fraction of sp³-hybridized carbons (Fsp3) is 0.200. The largest absolute Gasteiger partial charge is 0.494 e. The van der Waals surface area contributed by atoms with Crippen LogP contribution in [0.5, 0.6) is 5.75 Å². The Bertz CT molecular complexity index is 950. The minimum atomic E-state index is -4.39. The second-order valence-electron chi connectivity index (χ2n) is 6.04. The lowest BCUT2D eigenvalue weighted by molar-refractivity contribution is -0.137. The van der Waals surface area contributed by atoms with Crippen molar-refractivity contribution in [2.75, 3.05) is 11.9 Å². The molecular weight excluding hydrogens is 371 g/mol. The Kier molecular flexibility index (Phi) is 5.67. The fourth-order valence-electron chi connectivity index (χ4n) is 2.62. The zero-order chi connectivity index (χ0) is 20.1. The Morgan fingerprint density at radius 2 is 1.93 bits per heavy atom. The van der Waals surface area contributed by atoms with Gasteiger partial charge in [-0.05, 0) is 48.9 Å². The number of rotatable bonds is 6. The molecule has 0 spiro atoms. The number of hydrogen-bond acceptors (Lipinski definition) is 3. The van der Waals surface area contributed by atoms with Crippen molar-refractivity contribution in [1.82, 2.24) is 9.78 Å². The number of aromatic nitrogens is 2. The summed E-state index contributed by atoms with van der Waals surface area (Å²) in [5.41, 5.74) is 0.656. The molecule has 0 unspecified atom stereocenters. The molecule has 146 valence electrons. The molecule has 8 heteroatoms. The summed E-state index contributed by atoms with van der Waals surface area (Å²) in [5.74, 6) is 0.356. The number of amides is 1. The molecule has 2 aromatic carbocycles. The first-order valence-electron chi connectivity index (χ1n) is 8.58. The first kappa shape index (κ1) is 19.5. The molecule has 0 saturated carbocycles. The van der Waals surface area contributed by atoms with E-state index in [0.717, 1.165) is 12.1 Å². The van der Waals surface area contributed by atoms with Crippen LogP contribution in [0, 0.1) is 0 Å². The van der Waals surface area contributed by atoms with E-state index < -0.39 is 11.7 Å². The molecule has 1 N–H and O–H groups in total. The smallest absolute Gasteiger partial charge is 0.416 e. The highest BCUT2D eigenvalue weighted by molar-refractivity contribution is 6.04. The van der Waals surface area contributed by atoms with Crippen molar-refractivity contribution in [2.45, 2.75) is 19.6 Å². The predicted molar refractivity (Wildman–Crippen MR) is 98.3 cm³/mol. The molecule has 0 bridgehead atoms. The van der Waals surface area contributed by atoms with E-state index in [2.05, 4.69) is 10.4 Å². The van der Waals surface area contributed by atoms with Crippen molar-refractivity contribution >= 4 is 11.6 Å². The number of hydrogen-bond donors (Lipinski definition) is 1. The SMILES string of the molecule is CCOc1ccc(C(=O)Nc2cnn(Cc3cccc(C(F)(F)F)c3)c2)cc1. The highest BCUT2D eigenvalue weighted by atomic mass is 19.4. The normalized spacial score (nSPS) is 11.3. The molecule has 5 nitrogen and oxygen atoms in total. The van der Waals surface area contributed by atoms with Gasteiger partial charge in [-0.2, -0.15) is 18.3 Å². The summed E-state index contributed by atoms with van der Waals surface area (Å²) in [6.07, 6.45) is -1.39. The third-order valence-electron chi connectivity index (χ3n) is 3.92. The molecule has 1 heterocycles. The van der Waals surface area contributed by atoms with Crippen LogP contribution in [0.15, 0.2) is 60.9 Å². The zero-order valence-corrected chi connectivity index (χ0v) is 15.0. The van der Waals surface area contributed by atoms with E-state index in [1.54, 1.807) is 36.5 Å². The van der Waals surface area contributed by atoms with Gasteiger partial charge >= 0.3 is 6.18 Å². The summed E-state index contributed by atoms with van der Waals surface area (Å²) in [7, 11) is 0. The van der Waals surface area contributed by atoms with Gasteiger partial charge in [-0.15, -0.1) is 0 Å². The maximum atomic E-state index is 12.8. The van der Waals surface area contributed by atoms with Gasteiger partial charge in [0.1, 0.15) is 5.75 Å². The van der Waals surface area contributed by atoms with Crippen LogP contribution in [0.1, 0.15) is 28.4 Å². The summed E-state index contributed by atoms with van der Waals surface area (Å²) in [4.78, 5) is 12.3. The molecule has 3 aromatic rings. The van der Waals surface area contributed by atoms with Crippen molar-refractivity contribution in [1.29, 1.82) is 0 Å². The Balaban J connectivity index is 1.65. The number of benzene rings is 2. The number of carbonyl (C=O) groups excluding carboxylic acids is 1. The molecule has 0 saturated heterocycles. The molecule has 0 fully saturated rings. The highest BCUT2D eigenvalue weighted by Crippen LogP contribution is 2.29. The zero-order valence-electron chi connectivity index (χ0n) is 15.0. The topological polar surface area (TPSA) is 56.1 Å². The van der Waals surface area contributed by atoms with E-state index in [-0.39, 0.29) is 12.5 Å². The lowest BCUT2D eigenvalue weighted by Crippen LogP contribution is -2.11. The van der Waals surface area contributed by atoms with Gasteiger partial charge in [0.25, 0.3) is 5.91 Å². The summed E-state index contributed by atoms with van der Waals surface area (Å²) in [5, 5.41) is 6.80. The van der Waals surface area contributed by atoms with Crippen molar-refractivity contribution < 1.29 is 22.7 Å². The number of alkyl halides is 3. The van der Waals surface area contributed by atoms with Crippen molar-refractivity contribution in [2.24, 2.45) is 0 Å². The quantitative estimate of drug-likeness (QED) is 0.670. The third-order valence-corrected chi connectivity index (χ3v) is 3.92. The van der Waals surface area contributed by atoms with E-state index in [4.69, 9.17) is 4.74 Å². The number of anilines is 1. The van der Waals surface area contributed by atoms with E-state index in [0.29, 0.717) is 29.2 Å². The summed E-state index contributed by atoms with van der Waals surface area (Å²) < 4.78 is 45.2. The van der Waals surface area contributed by atoms with Crippen molar-refractivity contribution in [3.63, 3.8) is 0 Å². The van der Waals surface area contributed by atoms with Crippen molar-refractivity contribution in [3.8, 4) is 5.75 Å². The summed E-state index contributed by atoms with van der Waals surface area (Å²) in [6.45, 7) is 2.57. The summed E-state index contributed by atoms with van der Waals surface area (Å²) >= 11 is 0. The molecular formula is C20H18F3N3O2. The van der Waals surface area contributed by atoms with Crippen LogP contribution in [0.2, 0.25) is 0 Å². The molecule has 1 amide bonds. The van der Waals surface area contributed by atoms with E-state index in [1.165, 1.54) is 16.9 Å². The van der Waals surface area contributed by atoms with Gasteiger partial charge in [-0.25, -0.2) is 0 Å². The van der Waals surface area contributed by atoms with Gasteiger partial charge in [0.05, 0.1) is 30.6 Å². The van der Waals surface area contributed by atoms with Crippen LogP contribution in [0.4, 0.5) is 18.9 Å². The predicted octanol–water partition coefficient (Wildman–Crippen LogP) is 4.60. The standard InChI is InChI=1S/C20H18F3N3O2/c1-2-28-18-8-6-15(7-9-18)19(27)25-17-11-24-26(13-17)12-14-4-3-5-16(10-14)20(21,22)23/h3-11,13H,2,12H2,1H3,(H,25,27). The minimum absolute atomic E-state index is 0.156. The first-order chi connectivity index (χ1) is 13.3. The van der Waals surface area contributed by atoms with E-state index in [1.807, 2.05) is 6.92 Å². The number of nitrogens with one attached hydrogen (secondary N) is 1. The van der Waals surface area contributed by atoms with Gasteiger partial charge < -0.3 is 10.1 Å². The van der Waals surface area contributed by atoms with Crippen LogP contribution in [-0.2, 0) is 12.7 Å². The Labute approximate surface area is 159 Å². The van der Waals surface area contributed by atoms with Crippen LogP contribution in [0.25, 0.3) is 0 Å². The Morgan fingerprint density at radius 1 is 1.18 bits per heavy atom. The van der Waals surface area contributed by atoms with Gasteiger partial charge in [-0.1, -0.05) is 12.1 Å².